The number of hydrogen-bond donors (Lipinski definition) is 9. The van der Waals surface area contributed by atoms with Crippen LogP contribution in [0.4, 0.5) is 0 Å². The maximum Gasteiger partial charge on any atom is 0.326 e. The van der Waals surface area contributed by atoms with Gasteiger partial charge in [0, 0.05) is 6.54 Å². The van der Waals surface area contributed by atoms with Gasteiger partial charge < -0.3 is 49.1 Å². The van der Waals surface area contributed by atoms with Crippen LogP contribution in [0.25, 0.3) is 0 Å². The SMILES string of the molecule is CC(C)C(NC(=O)C(CC(N)=O)NC(=O)C(CCCN=C(N)N)NC(=O)C(N)Cc1ccc(O)cc1)C(=O)O. The van der Waals surface area contributed by atoms with E-state index < -0.39 is 66.1 Å². The number of aromatic hydroxyl groups is 1. The Morgan fingerprint density at radius 2 is 1.46 bits per heavy atom. The van der Waals surface area contributed by atoms with Crippen LogP contribution < -0.4 is 38.9 Å². The maximum atomic E-state index is 13.1. The number of amides is 4. The fraction of sp³-hybridized carbons (Fsp3) is 0.500. The minimum atomic E-state index is -1.50. The summed E-state index contributed by atoms with van der Waals surface area (Å²) in [7, 11) is 0. The Morgan fingerprint density at radius 3 is 1.97 bits per heavy atom. The normalized spacial score (nSPS) is 13.8. The number of carbonyl (C=O) groups is 5. The standard InChI is InChI=1S/C24H38N8O7/c1-12(2)19(23(38)39)32-22(37)17(11-18(26)34)31-21(36)16(4-3-9-29-24(27)28)30-20(35)15(25)10-13-5-7-14(33)8-6-13/h5-8,12,15-17,19,33H,3-4,9-11,25H2,1-2H3,(H2,26,34)(H,30,35)(H,31,36)(H,32,37)(H,38,39)(H4,27,28,29). The van der Waals surface area contributed by atoms with Crippen LogP contribution in [0, 0.1) is 5.92 Å². The van der Waals surface area contributed by atoms with Crippen molar-refractivity contribution in [3.63, 3.8) is 0 Å². The number of guanidine groups is 1. The summed E-state index contributed by atoms with van der Waals surface area (Å²) in [5.74, 6) is -5.26. The highest BCUT2D eigenvalue weighted by molar-refractivity contribution is 5.96. The summed E-state index contributed by atoms with van der Waals surface area (Å²) in [5, 5.41) is 26.0. The zero-order valence-electron chi connectivity index (χ0n) is 21.9. The molecule has 0 saturated carbocycles. The van der Waals surface area contributed by atoms with Crippen molar-refractivity contribution in [1.82, 2.24) is 16.0 Å². The number of carbonyl (C=O) groups excluding carboxylic acids is 4. The molecule has 0 saturated heterocycles. The third kappa shape index (κ3) is 12.1. The topological polar surface area (TPSA) is 278 Å². The van der Waals surface area contributed by atoms with Gasteiger partial charge in [-0.2, -0.15) is 0 Å². The molecular formula is C24H38N8O7. The molecule has 15 heteroatoms. The number of primary amides is 1. The number of benzene rings is 1. The molecule has 13 N–H and O–H groups in total. The van der Waals surface area contributed by atoms with Crippen molar-refractivity contribution in [3.05, 3.63) is 29.8 Å². The number of carboxylic acid groups (broad SMARTS) is 1. The number of rotatable bonds is 16. The number of nitrogens with two attached hydrogens (primary N) is 4. The summed E-state index contributed by atoms with van der Waals surface area (Å²) in [6, 6.07) is 1.02. The molecule has 4 atom stereocenters. The summed E-state index contributed by atoms with van der Waals surface area (Å²) in [5.41, 5.74) is 22.6. The van der Waals surface area contributed by atoms with E-state index in [-0.39, 0.29) is 37.5 Å². The number of hydrogen-bond acceptors (Lipinski definition) is 8. The quantitative estimate of drug-likeness (QED) is 0.0587. The molecule has 0 heterocycles. The van der Waals surface area contributed by atoms with E-state index in [1.165, 1.54) is 12.1 Å². The zero-order valence-corrected chi connectivity index (χ0v) is 21.9. The second-order valence-corrected chi connectivity index (χ2v) is 9.29. The molecule has 0 aliphatic carbocycles. The average molecular weight is 551 g/mol. The molecule has 0 aliphatic heterocycles. The van der Waals surface area contributed by atoms with E-state index in [9.17, 15) is 34.2 Å². The van der Waals surface area contributed by atoms with Crippen LogP contribution in [0.15, 0.2) is 29.3 Å². The maximum absolute atomic E-state index is 13.1. The number of phenols is 1. The lowest BCUT2D eigenvalue weighted by atomic mass is 10.0. The smallest absolute Gasteiger partial charge is 0.326 e. The van der Waals surface area contributed by atoms with Crippen LogP contribution >= 0.6 is 0 Å². The molecule has 4 amide bonds. The minimum absolute atomic E-state index is 0.0366. The molecule has 216 valence electrons. The number of aliphatic imine (C=N–C) groups is 1. The third-order valence-corrected chi connectivity index (χ3v) is 5.58. The molecule has 1 aromatic rings. The van der Waals surface area contributed by atoms with Crippen molar-refractivity contribution in [2.24, 2.45) is 33.8 Å². The van der Waals surface area contributed by atoms with Crippen molar-refractivity contribution in [3.8, 4) is 5.75 Å². The van der Waals surface area contributed by atoms with E-state index in [4.69, 9.17) is 22.9 Å². The van der Waals surface area contributed by atoms with Gasteiger partial charge in [0.05, 0.1) is 12.5 Å². The van der Waals surface area contributed by atoms with Crippen LogP contribution in [0.5, 0.6) is 5.75 Å². The molecule has 0 aromatic heterocycles. The van der Waals surface area contributed by atoms with Crippen LogP contribution in [0.3, 0.4) is 0 Å². The van der Waals surface area contributed by atoms with Gasteiger partial charge in [-0.1, -0.05) is 26.0 Å². The van der Waals surface area contributed by atoms with Crippen molar-refractivity contribution >= 4 is 35.6 Å². The van der Waals surface area contributed by atoms with Gasteiger partial charge in [-0.15, -0.1) is 0 Å². The fourth-order valence-electron chi connectivity index (χ4n) is 3.48. The molecule has 1 aromatic carbocycles. The predicted molar refractivity (Wildman–Crippen MR) is 142 cm³/mol. The Labute approximate surface area is 225 Å². The molecule has 1 rings (SSSR count). The molecule has 15 nitrogen and oxygen atoms in total. The molecule has 0 bridgehead atoms. The van der Waals surface area contributed by atoms with Gasteiger partial charge >= 0.3 is 5.97 Å². The molecule has 0 fully saturated rings. The molecule has 39 heavy (non-hydrogen) atoms. The summed E-state index contributed by atoms with van der Waals surface area (Å²) in [6.07, 6.45) is -0.219. The van der Waals surface area contributed by atoms with Gasteiger partial charge in [-0.25, -0.2) is 4.79 Å². The molecule has 0 spiro atoms. The third-order valence-electron chi connectivity index (χ3n) is 5.58. The predicted octanol–water partition coefficient (Wildman–Crippen LogP) is -2.61. The highest BCUT2D eigenvalue weighted by atomic mass is 16.4. The Kier molecular flexibility index (Phi) is 13.2. The lowest BCUT2D eigenvalue weighted by Gasteiger charge is -2.25. The van der Waals surface area contributed by atoms with Crippen LogP contribution in [0.1, 0.15) is 38.7 Å². The second kappa shape index (κ2) is 15.8. The molecule has 0 aliphatic rings. The monoisotopic (exact) mass is 550 g/mol. The van der Waals surface area contributed by atoms with Crippen LogP contribution in [-0.4, -0.2) is 76.5 Å². The molecular weight excluding hydrogens is 512 g/mol. The first-order valence-electron chi connectivity index (χ1n) is 12.2. The zero-order chi connectivity index (χ0) is 29.7. The van der Waals surface area contributed by atoms with Crippen molar-refractivity contribution in [2.75, 3.05) is 6.54 Å². The van der Waals surface area contributed by atoms with Gasteiger partial charge in [0.25, 0.3) is 0 Å². The number of nitrogens with one attached hydrogen (secondary N) is 3. The lowest BCUT2D eigenvalue weighted by Crippen LogP contribution is -2.58. The molecule has 4 unspecified atom stereocenters. The molecule has 0 radical (unpaired) electrons. The summed E-state index contributed by atoms with van der Waals surface area (Å²) in [4.78, 5) is 65.6. The Bertz CT molecular complexity index is 1040. The van der Waals surface area contributed by atoms with E-state index in [0.717, 1.165) is 0 Å². The van der Waals surface area contributed by atoms with Crippen molar-refractivity contribution < 1.29 is 34.2 Å². The van der Waals surface area contributed by atoms with E-state index in [1.54, 1.807) is 26.0 Å². The van der Waals surface area contributed by atoms with Gasteiger partial charge in [0.1, 0.15) is 23.9 Å². The van der Waals surface area contributed by atoms with Crippen LogP contribution in [0.2, 0.25) is 0 Å². The largest absolute Gasteiger partial charge is 0.508 e. The number of aliphatic carboxylic acids is 1. The number of phenolic OH excluding ortho intramolecular Hbond substituents is 1. The van der Waals surface area contributed by atoms with Gasteiger partial charge in [-0.3, -0.25) is 24.2 Å². The second-order valence-electron chi connectivity index (χ2n) is 9.29. The van der Waals surface area contributed by atoms with E-state index in [0.29, 0.717) is 5.56 Å². The summed E-state index contributed by atoms with van der Waals surface area (Å²) >= 11 is 0. The van der Waals surface area contributed by atoms with E-state index in [1.807, 2.05) is 0 Å². The van der Waals surface area contributed by atoms with Gasteiger partial charge in [0.15, 0.2) is 5.96 Å². The first-order chi connectivity index (χ1) is 18.2. The van der Waals surface area contributed by atoms with E-state index in [2.05, 4.69) is 20.9 Å². The Balaban J connectivity index is 3.05. The lowest BCUT2D eigenvalue weighted by molar-refractivity contribution is -0.143. The van der Waals surface area contributed by atoms with Crippen molar-refractivity contribution in [1.29, 1.82) is 0 Å². The average Bonchev–Trinajstić information content (AvgIpc) is 2.84. The summed E-state index contributed by atoms with van der Waals surface area (Å²) in [6.45, 7) is 3.29. The number of carboxylic acids is 1. The van der Waals surface area contributed by atoms with Crippen molar-refractivity contribution in [2.45, 2.75) is 63.7 Å². The summed E-state index contributed by atoms with van der Waals surface area (Å²) < 4.78 is 0. The first-order valence-corrected chi connectivity index (χ1v) is 12.2. The number of nitrogens with zero attached hydrogens (tertiary/aromatic N) is 1. The minimum Gasteiger partial charge on any atom is -0.508 e. The van der Waals surface area contributed by atoms with Crippen LogP contribution in [-0.2, 0) is 30.4 Å². The van der Waals surface area contributed by atoms with Gasteiger partial charge in [0.2, 0.25) is 23.6 Å². The Hall–Kier alpha value is -4.40. The van der Waals surface area contributed by atoms with Gasteiger partial charge in [-0.05, 0) is 42.9 Å². The Morgan fingerprint density at radius 1 is 0.897 bits per heavy atom. The highest BCUT2D eigenvalue weighted by Gasteiger charge is 2.32. The first kappa shape index (κ1) is 32.6. The highest BCUT2D eigenvalue weighted by Crippen LogP contribution is 2.11. The fourth-order valence-corrected chi connectivity index (χ4v) is 3.48. The van der Waals surface area contributed by atoms with E-state index >= 15 is 0 Å².